The Morgan fingerprint density at radius 1 is 1.30 bits per heavy atom. The van der Waals surface area contributed by atoms with Crippen molar-refractivity contribution in [1.29, 1.82) is 0 Å². The Balaban J connectivity index is 0.000000709. The van der Waals surface area contributed by atoms with E-state index in [-0.39, 0.29) is 16.9 Å². The molecule has 33 heavy (non-hydrogen) atoms. The molecule has 0 aliphatic carbocycles. The van der Waals surface area contributed by atoms with Gasteiger partial charge in [-0.1, -0.05) is 0 Å². The average molecular weight is 453 g/mol. The maximum absolute atomic E-state index is 12.7. The lowest BCUT2D eigenvalue weighted by atomic mass is 10.1. The van der Waals surface area contributed by atoms with Gasteiger partial charge in [0.25, 0.3) is 17.2 Å². The first-order valence-corrected chi connectivity index (χ1v) is 10.0. The monoisotopic (exact) mass is 453 g/mol. The molecule has 2 heterocycles. The molecule has 4 rings (SSSR count). The number of hydrogen-bond donors (Lipinski definition) is 3. The summed E-state index contributed by atoms with van der Waals surface area (Å²) in [5.74, 6) is -0.205. The number of carbonyl (C=O) groups is 1. The van der Waals surface area contributed by atoms with Gasteiger partial charge in [-0.25, -0.2) is 4.98 Å². The van der Waals surface area contributed by atoms with Crippen LogP contribution in [0.5, 0.6) is 5.75 Å². The van der Waals surface area contributed by atoms with Gasteiger partial charge in [-0.2, -0.15) is 0 Å². The molecule has 0 aliphatic rings. The third-order valence-electron chi connectivity index (χ3n) is 4.84. The molecule has 172 valence electrons. The van der Waals surface area contributed by atoms with Crippen LogP contribution in [0.1, 0.15) is 13.3 Å². The molecule has 0 unspecified atom stereocenters. The zero-order valence-electron chi connectivity index (χ0n) is 18.1. The summed E-state index contributed by atoms with van der Waals surface area (Å²) in [6.45, 7) is 2.14. The van der Waals surface area contributed by atoms with Gasteiger partial charge in [0.2, 0.25) is 0 Å². The molecular formula is C22H23N5O6. The van der Waals surface area contributed by atoms with E-state index in [0.29, 0.717) is 52.8 Å². The van der Waals surface area contributed by atoms with Crippen molar-refractivity contribution in [3.63, 3.8) is 0 Å². The fourth-order valence-corrected chi connectivity index (χ4v) is 3.40. The number of aromatic nitrogens is 3. The summed E-state index contributed by atoms with van der Waals surface area (Å²) in [6.07, 6.45) is 2.50. The maximum Gasteiger partial charge on any atom is 0.300 e. The van der Waals surface area contributed by atoms with Gasteiger partial charge in [0.05, 0.1) is 28.6 Å². The number of fused-ring (bicyclic) bond motifs is 2. The molecule has 0 spiro atoms. The van der Waals surface area contributed by atoms with Crippen LogP contribution in [-0.4, -0.2) is 44.2 Å². The van der Waals surface area contributed by atoms with Crippen LogP contribution in [0.25, 0.3) is 33.2 Å². The van der Waals surface area contributed by atoms with Crippen molar-refractivity contribution in [2.24, 2.45) is 5.73 Å². The van der Waals surface area contributed by atoms with Crippen LogP contribution in [0.4, 0.5) is 5.69 Å². The number of non-ortho nitro benzene ring substituents is 1. The second kappa shape index (κ2) is 9.92. The van der Waals surface area contributed by atoms with Gasteiger partial charge in [-0.3, -0.25) is 19.7 Å². The quantitative estimate of drug-likeness (QED) is 0.296. The molecule has 11 heteroatoms. The molecule has 2 aromatic heterocycles. The molecular weight excluding hydrogens is 430 g/mol. The summed E-state index contributed by atoms with van der Waals surface area (Å²) < 4.78 is 7.12. The molecule has 0 amide bonds. The Bertz CT molecular complexity index is 1390. The van der Waals surface area contributed by atoms with Crippen LogP contribution >= 0.6 is 0 Å². The van der Waals surface area contributed by atoms with Crippen molar-refractivity contribution in [3.05, 3.63) is 63.1 Å². The van der Waals surface area contributed by atoms with Crippen LogP contribution in [0, 0.1) is 10.1 Å². The number of nitrogens with zero attached hydrogens (tertiary/aromatic N) is 3. The number of benzene rings is 2. The third kappa shape index (κ3) is 5.15. The second-order valence-electron chi connectivity index (χ2n) is 7.15. The van der Waals surface area contributed by atoms with Crippen LogP contribution in [0.2, 0.25) is 0 Å². The minimum absolute atomic E-state index is 0.0127. The lowest BCUT2D eigenvalue weighted by Gasteiger charge is -2.04. The number of nitro groups is 1. The van der Waals surface area contributed by atoms with Crippen molar-refractivity contribution in [2.75, 3.05) is 13.7 Å². The number of H-pyrrole nitrogens is 1. The smallest absolute Gasteiger partial charge is 0.300 e. The number of carboxylic acids is 1. The molecule has 0 fully saturated rings. The highest BCUT2D eigenvalue weighted by molar-refractivity contribution is 5.97. The minimum atomic E-state index is -0.833. The van der Waals surface area contributed by atoms with Crippen LogP contribution in [0.15, 0.2) is 47.4 Å². The van der Waals surface area contributed by atoms with E-state index >= 15 is 0 Å². The SMILES string of the molecule is CC(=O)O.COc1ccc2[nH]c(=O)c(-c3cn(CCCN)c4cc([N+](=O)[O-])ccc34)nc2c1. The molecule has 0 bridgehead atoms. The third-order valence-corrected chi connectivity index (χ3v) is 4.84. The second-order valence-corrected chi connectivity index (χ2v) is 7.15. The first kappa shape index (κ1) is 23.4. The van der Waals surface area contributed by atoms with Crippen molar-refractivity contribution in [1.82, 2.24) is 14.5 Å². The Kier molecular flexibility index (Phi) is 7.04. The number of rotatable bonds is 6. The van der Waals surface area contributed by atoms with E-state index in [2.05, 4.69) is 9.97 Å². The molecule has 4 N–H and O–H groups in total. The lowest BCUT2D eigenvalue weighted by Crippen LogP contribution is -2.11. The predicted molar refractivity (Wildman–Crippen MR) is 123 cm³/mol. The van der Waals surface area contributed by atoms with Gasteiger partial charge in [-0.15, -0.1) is 0 Å². The van der Waals surface area contributed by atoms with Crippen LogP contribution in [0.3, 0.4) is 0 Å². The average Bonchev–Trinajstić information content (AvgIpc) is 3.14. The number of aromatic amines is 1. The molecule has 0 radical (unpaired) electrons. The zero-order valence-corrected chi connectivity index (χ0v) is 18.1. The van der Waals surface area contributed by atoms with Crippen molar-refractivity contribution in [2.45, 2.75) is 19.9 Å². The van der Waals surface area contributed by atoms with Gasteiger partial charge in [0, 0.05) is 48.8 Å². The summed E-state index contributed by atoms with van der Waals surface area (Å²) in [5, 5.41) is 19.3. The number of nitro benzene ring substituents is 1. The maximum atomic E-state index is 12.7. The highest BCUT2D eigenvalue weighted by atomic mass is 16.6. The predicted octanol–water partition coefficient (Wildman–Crippen LogP) is 2.90. The van der Waals surface area contributed by atoms with E-state index in [0.717, 1.165) is 6.92 Å². The molecule has 0 saturated carbocycles. The van der Waals surface area contributed by atoms with Gasteiger partial charge in [-0.05, 0) is 31.2 Å². The largest absolute Gasteiger partial charge is 0.497 e. The van der Waals surface area contributed by atoms with E-state index in [4.69, 9.17) is 20.4 Å². The fourth-order valence-electron chi connectivity index (χ4n) is 3.40. The topological polar surface area (TPSA) is 166 Å². The molecule has 0 saturated heterocycles. The van der Waals surface area contributed by atoms with Crippen molar-refractivity contribution in [3.8, 4) is 17.0 Å². The van der Waals surface area contributed by atoms with E-state index in [1.807, 2.05) is 4.57 Å². The number of nitrogens with one attached hydrogen (secondary N) is 1. The number of nitrogens with two attached hydrogens (primary N) is 1. The highest BCUT2D eigenvalue weighted by Gasteiger charge is 2.18. The minimum Gasteiger partial charge on any atom is -0.497 e. The van der Waals surface area contributed by atoms with Crippen molar-refractivity contribution < 1.29 is 19.6 Å². The Morgan fingerprint density at radius 3 is 2.67 bits per heavy atom. The van der Waals surface area contributed by atoms with E-state index in [1.54, 1.807) is 37.6 Å². The summed E-state index contributed by atoms with van der Waals surface area (Å²) in [5.41, 5.74) is 7.99. The molecule has 2 aromatic carbocycles. The molecule has 11 nitrogen and oxygen atoms in total. The number of carboxylic acid groups (broad SMARTS) is 1. The molecule has 0 aliphatic heterocycles. The van der Waals surface area contributed by atoms with Gasteiger partial charge in [0.1, 0.15) is 11.4 Å². The fraction of sp³-hybridized carbons (Fsp3) is 0.227. The first-order chi connectivity index (χ1) is 15.7. The Morgan fingerprint density at radius 2 is 2.03 bits per heavy atom. The number of methoxy groups -OCH3 is 1. The summed E-state index contributed by atoms with van der Waals surface area (Å²) >= 11 is 0. The number of hydrogen-bond acceptors (Lipinski definition) is 7. The van der Waals surface area contributed by atoms with Gasteiger partial charge >= 0.3 is 0 Å². The highest BCUT2D eigenvalue weighted by Crippen LogP contribution is 2.31. The van der Waals surface area contributed by atoms with E-state index in [9.17, 15) is 14.9 Å². The molecule has 4 aromatic rings. The standard InChI is InChI=1S/C20H19N5O4.C2H4O2/c1-29-13-4-6-16-17(10-13)22-19(20(26)23-16)15-11-24(8-2-7-21)18-9-12(25(27)28)3-5-14(15)18;1-2(3)4/h3-6,9-11H,2,7-8,21H2,1H3,(H,23,26);1H3,(H,3,4). The lowest BCUT2D eigenvalue weighted by molar-refractivity contribution is -0.384. The zero-order chi connectivity index (χ0) is 24.1. The number of ether oxygens (including phenoxy) is 1. The molecule has 0 atom stereocenters. The van der Waals surface area contributed by atoms with Crippen LogP contribution < -0.4 is 16.0 Å². The van der Waals surface area contributed by atoms with Gasteiger partial charge in [0.15, 0.2) is 0 Å². The van der Waals surface area contributed by atoms with Crippen LogP contribution in [-0.2, 0) is 11.3 Å². The van der Waals surface area contributed by atoms with Gasteiger partial charge < -0.3 is 25.1 Å². The van der Waals surface area contributed by atoms with Crippen molar-refractivity contribution >= 4 is 33.6 Å². The summed E-state index contributed by atoms with van der Waals surface area (Å²) in [7, 11) is 1.56. The van der Waals surface area contributed by atoms with E-state index in [1.165, 1.54) is 12.1 Å². The Labute approximate surface area is 187 Å². The van der Waals surface area contributed by atoms with E-state index < -0.39 is 10.9 Å². The number of aliphatic carboxylic acids is 1. The number of aryl methyl sites for hydroxylation is 1. The Hall–Kier alpha value is -4.25. The first-order valence-electron chi connectivity index (χ1n) is 10.0. The normalized spacial score (nSPS) is 10.6. The summed E-state index contributed by atoms with van der Waals surface area (Å²) in [4.78, 5) is 39.9. The summed E-state index contributed by atoms with van der Waals surface area (Å²) in [6, 6.07) is 9.81.